The molecule has 0 bridgehead atoms. The van der Waals surface area contributed by atoms with Gasteiger partial charge in [0.15, 0.2) is 5.78 Å². The van der Waals surface area contributed by atoms with Gasteiger partial charge in [0, 0.05) is 51.5 Å². The van der Waals surface area contributed by atoms with Gasteiger partial charge in [0.25, 0.3) is 30.4 Å². The van der Waals surface area contributed by atoms with E-state index in [9.17, 15) is 39.6 Å². The van der Waals surface area contributed by atoms with Gasteiger partial charge >= 0.3 is 0 Å². The number of methoxy groups -OCH3 is 2. The van der Waals surface area contributed by atoms with Gasteiger partial charge in [0.1, 0.15) is 53.1 Å². The summed E-state index contributed by atoms with van der Waals surface area (Å²) in [7, 11) is -2.01. The first-order valence-electron chi connectivity index (χ1n) is 29.8. The molecule has 0 amide bonds. The Morgan fingerprint density at radius 2 is 1.04 bits per heavy atom. The number of carbonyl (C=O) groups is 2. The van der Waals surface area contributed by atoms with Crippen molar-refractivity contribution in [3.8, 4) is 22.9 Å². The fourth-order valence-corrected chi connectivity index (χ4v) is 16.4. The molecule has 0 spiro atoms. The summed E-state index contributed by atoms with van der Waals surface area (Å²) in [5.74, 6) is -0.408. The maximum absolute atomic E-state index is 14.7. The zero-order chi connectivity index (χ0) is 65.0. The molecule has 4 aliphatic carbocycles. The summed E-state index contributed by atoms with van der Waals surface area (Å²) in [4.78, 5) is 40.6. The average molecular weight is 1290 g/mol. The minimum Gasteiger partial charge on any atom is -0.497 e. The Kier molecular flexibility index (Phi) is 16.9. The van der Waals surface area contributed by atoms with E-state index in [-0.39, 0.29) is 59.4 Å². The van der Waals surface area contributed by atoms with E-state index < -0.39 is 54.6 Å². The van der Waals surface area contributed by atoms with Crippen molar-refractivity contribution in [3.05, 3.63) is 207 Å². The number of Topliss-reactive ketones (excluding diaryl/α,β-unsaturated/α-hetero) is 2. The van der Waals surface area contributed by atoms with Crippen LogP contribution in [0.2, 0.25) is 0 Å². The number of carbonyl (C=O) groups excluding carboxylic acids is 2. The Morgan fingerprint density at radius 3 is 1.46 bits per heavy atom. The molecule has 26 heteroatoms. The van der Waals surface area contributed by atoms with E-state index in [2.05, 4.69) is 35.3 Å². The third-order valence-corrected chi connectivity index (χ3v) is 21.7. The summed E-state index contributed by atoms with van der Waals surface area (Å²) in [5.41, 5.74) is 7.43. The van der Waals surface area contributed by atoms with Crippen molar-refractivity contribution >= 4 is 43.8 Å². The van der Waals surface area contributed by atoms with E-state index in [1.165, 1.54) is 67.2 Å². The second-order valence-electron chi connectivity index (χ2n) is 23.9. The number of allylic oxidation sites excluding steroid dienone is 2. The van der Waals surface area contributed by atoms with Gasteiger partial charge in [-0.3, -0.25) is 23.9 Å². The molecule has 13 rings (SSSR count). The Bertz CT molecular complexity index is 4640. The van der Waals surface area contributed by atoms with Crippen LogP contribution >= 0.6 is 0 Å². The predicted molar refractivity (Wildman–Crippen MR) is 333 cm³/mol. The number of hydrogen-bond acceptors (Lipinski definition) is 15. The molecule has 2 fully saturated rings. The van der Waals surface area contributed by atoms with E-state index in [1.807, 2.05) is 56.3 Å². The van der Waals surface area contributed by atoms with Gasteiger partial charge in [0.2, 0.25) is 0 Å². The van der Waals surface area contributed by atoms with Crippen LogP contribution < -0.4 is 9.47 Å². The van der Waals surface area contributed by atoms with Gasteiger partial charge in [-0.15, -0.1) is 10.2 Å². The third-order valence-electron chi connectivity index (χ3n) is 18.3. The Labute approximate surface area is 530 Å². The first-order chi connectivity index (χ1) is 44.0. The molecule has 4 atom stereocenters. The molecule has 476 valence electrons. The zero-order valence-electron chi connectivity index (χ0n) is 51.5. The normalized spacial score (nSPS) is 19.4. The van der Waals surface area contributed by atoms with E-state index in [0.29, 0.717) is 55.7 Å². The standard InChI is InChI=1S/C35H33F2N7O4S.C31H33FN6O4S/c1-22-14-30(48-3)11-4-23(22)20-43(49(46,47)34-39-21-42(2)41-34)29-8-5-25-15-32-24(19-40-44(32)28-9-6-26(36)7-10-28)17-35(25,18-29)33(45)31-16-27(37)12-13-38-31;1-20-13-28(42-4)12-5-22(20)18-37(43(40,41)30-33-19-36(3)35-30)27-9-6-24-14-29-23(15-31(24,16-27)21(2)39)17-34-38(29)26-10-7-25(32)8-11-26/h4,6-7,9-16,19,21,29H,5,8,17-18,20H2,1-3H3;5,7-8,10-14,17,19,27H,6,9,15-16,18H2,1-4H3/t29-,35-;27-,31+/m00/s1. The monoisotopic (exact) mass is 1290 g/mol. The number of fused-ring (bicyclic) bond motifs is 4. The highest BCUT2D eigenvalue weighted by atomic mass is 32.2. The fraction of sp³-hybridized carbons (Fsp3) is 0.318. The molecule has 9 aromatic rings. The molecule has 0 aliphatic heterocycles. The third kappa shape index (κ3) is 11.8. The molecular formula is C66H66F3N13O8S2. The highest BCUT2D eigenvalue weighted by Crippen LogP contribution is 2.53. The SMILES string of the molecule is COc1ccc(CN([C@H]2CCC3=Cc4c(cnn4-c4ccc(F)cc4)C[C@]3(C(=O)c3cc(F)ccn3)C2)S(=O)(=O)c2ncn(C)n2)c(C)c1.COc1ccc(CN([C@H]2CCC3=Cc4c(cnn4-c4ccc(F)cc4)C[C@]3(C(C)=O)C2)S(=O)(=O)c2ncn(C)n2)c(C)c1. The summed E-state index contributed by atoms with van der Waals surface area (Å²) in [6.45, 7) is 5.48. The molecule has 21 nitrogen and oxygen atoms in total. The summed E-state index contributed by atoms with van der Waals surface area (Å²) in [6, 6.07) is 24.2. The first kappa shape index (κ1) is 62.9. The molecule has 4 aromatic carbocycles. The number of hydrogen-bond donors (Lipinski definition) is 0. The van der Waals surface area contributed by atoms with Crippen molar-refractivity contribution in [3.63, 3.8) is 0 Å². The van der Waals surface area contributed by atoms with Crippen LogP contribution in [0, 0.1) is 42.1 Å². The van der Waals surface area contributed by atoms with Gasteiger partial charge in [-0.25, -0.2) is 49.3 Å². The predicted octanol–water partition coefficient (Wildman–Crippen LogP) is 9.66. The van der Waals surface area contributed by atoms with E-state index >= 15 is 0 Å². The van der Waals surface area contributed by atoms with Crippen molar-refractivity contribution in [2.75, 3.05) is 14.2 Å². The number of aromatic nitrogens is 11. The number of pyridine rings is 1. The lowest BCUT2D eigenvalue weighted by Gasteiger charge is -2.46. The minimum absolute atomic E-state index is 0.00361. The van der Waals surface area contributed by atoms with Gasteiger partial charge in [-0.1, -0.05) is 23.3 Å². The quantitative estimate of drug-likeness (QED) is 0.0771. The number of ketones is 2. The second-order valence-corrected chi connectivity index (χ2v) is 27.4. The molecule has 92 heavy (non-hydrogen) atoms. The van der Waals surface area contributed by atoms with E-state index in [4.69, 9.17) is 9.47 Å². The number of ether oxygens (including phenoxy) is 2. The van der Waals surface area contributed by atoms with Crippen LogP contribution in [0.3, 0.4) is 0 Å². The lowest BCUT2D eigenvalue weighted by atomic mass is 9.60. The van der Waals surface area contributed by atoms with Gasteiger partial charge < -0.3 is 9.47 Å². The van der Waals surface area contributed by atoms with Gasteiger partial charge in [0.05, 0.1) is 60.2 Å². The molecule has 0 unspecified atom stereocenters. The summed E-state index contributed by atoms with van der Waals surface area (Å²) < 4.78 is 119. The van der Waals surface area contributed by atoms with Crippen molar-refractivity contribution in [1.82, 2.24) is 62.7 Å². The van der Waals surface area contributed by atoms with Crippen LogP contribution in [0.5, 0.6) is 11.5 Å². The molecule has 0 N–H and O–H groups in total. The van der Waals surface area contributed by atoms with Crippen LogP contribution in [0.25, 0.3) is 23.5 Å². The Hall–Kier alpha value is -9.24. The second kappa shape index (κ2) is 24.8. The molecule has 5 aromatic heterocycles. The van der Waals surface area contributed by atoms with Crippen LogP contribution in [0.4, 0.5) is 13.2 Å². The fourth-order valence-electron chi connectivity index (χ4n) is 13.4. The van der Waals surface area contributed by atoms with Crippen molar-refractivity contribution < 1.29 is 49.1 Å². The molecule has 5 heterocycles. The summed E-state index contributed by atoms with van der Waals surface area (Å²) in [6.07, 6.45) is 14.1. The lowest BCUT2D eigenvalue weighted by molar-refractivity contribution is -0.126. The molecule has 4 aliphatic rings. The Morgan fingerprint density at radius 1 is 0.598 bits per heavy atom. The number of halogens is 3. The maximum Gasteiger partial charge on any atom is 0.282 e. The van der Waals surface area contributed by atoms with Crippen LogP contribution in [-0.4, -0.2) is 117 Å². The van der Waals surface area contributed by atoms with E-state index in [0.717, 1.165) is 67.7 Å². The maximum atomic E-state index is 14.7. The van der Waals surface area contributed by atoms with Gasteiger partial charge in [-0.05, 0) is 197 Å². The van der Waals surface area contributed by atoms with Crippen molar-refractivity contribution in [2.24, 2.45) is 24.9 Å². The zero-order valence-corrected chi connectivity index (χ0v) is 53.2. The van der Waals surface area contributed by atoms with Crippen molar-refractivity contribution in [2.45, 2.75) is 108 Å². The topological polar surface area (TPSA) is 237 Å². The highest BCUT2D eigenvalue weighted by Gasteiger charge is 2.53. The Balaban J connectivity index is 0.000000179. The molecule has 0 saturated heterocycles. The molecule has 2 saturated carbocycles. The van der Waals surface area contributed by atoms with Crippen LogP contribution in [0.1, 0.15) is 101 Å². The van der Waals surface area contributed by atoms with Crippen LogP contribution in [-0.2, 0) is 64.9 Å². The number of nitrogens with zero attached hydrogens (tertiary/aromatic N) is 13. The van der Waals surface area contributed by atoms with Crippen LogP contribution in [0.15, 0.2) is 150 Å². The average Bonchev–Trinajstić information content (AvgIpc) is 1.21. The molecule has 0 radical (unpaired) electrons. The number of benzene rings is 4. The lowest BCUT2D eigenvalue weighted by Crippen LogP contribution is -2.50. The minimum atomic E-state index is -4.26. The summed E-state index contributed by atoms with van der Waals surface area (Å²) >= 11 is 0. The smallest absolute Gasteiger partial charge is 0.282 e. The highest BCUT2D eigenvalue weighted by molar-refractivity contribution is 7.89. The molecular weight excluding hydrogens is 1220 g/mol. The first-order valence-corrected chi connectivity index (χ1v) is 32.7. The van der Waals surface area contributed by atoms with Gasteiger partial charge in [-0.2, -0.15) is 18.8 Å². The van der Waals surface area contributed by atoms with E-state index in [1.54, 1.807) is 87.3 Å². The summed E-state index contributed by atoms with van der Waals surface area (Å²) in [5, 5.41) is 16.8. The largest absolute Gasteiger partial charge is 0.497 e. The number of sulfonamides is 2. The number of aryl methyl sites for hydroxylation is 4. The number of rotatable bonds is 17. The van der Waals surface area contributed by atoms with Crippen molar-refractivity contribution in [1.29, 1.82) is 0 Å².